The van der Waals surface area contributed by atoms with Crippen molar-refractivity contribution < 1.29 is 18.8 Å². The van der Waals surface area contributed by atoms with E-state index >= 15 is 0 Å². The number of aromatic nitrogens is 1. The van der Waals surface area contributed by atoms with E-state index in [1.165, 1.54) is 29.2 Å². The third-order valence-electron chi connectivity index (χ3n) is 3.15. The number of halogens is 1. The quantitative estimate of drug-likeness (QED) is 0.377. The maximum absolute atomic E-state index is 11.8. The summed E-state index contributed by atoms with van der Waals surface area (Å²) in [4.78, 5) is 39.6. The fourth-order valence-corrected chi connectivity index (χ4v) is 4.12. The number of carbonyl (C=O) groups is 3. The van der Waals surface area contributed by atoms with Gasteiger partial charge in [-0.15, -0.1) is 11.3 Å². The first-order valence-electron chi connectivity index (χ1n) is 7.61. The molecule has 27 heavy (non-hydrogen) atoms. The number of para-hydroxylation sites is 1. The molecule has 0 spiro atoms. The summed E-state index contributed by atoms with van der Waals surface area (Å²) in [6.45, 7) is -0.303. The molecule has 0 fully saturated rings. The molecule has 140 valence electrons. The van der Waals surface area contributed by atoms with Crippen molar-refractivity contribution in [2.24, 2.45) is 0 Å². The van der Waals surface area contributed by atoms with Crippen LogP contribution in [0.4, 0.5) is 0 Å². The van der Waals surface area contributed by atoms with Gasteiger partial charge in [0.05, 0.1) is 22.5 Å². The summed E-state index contributed by atoms with van der Waals surface area (Å²) < 4.78 is 7.30. The fourth-order valence-electron chi connectivity index (χ4n) is 1.94. The lowest BCUT2D eigenvalue weighted by atomic mass is 10.3. The molecule has 0 aliphatic heterocycles. The Bertz CT molecular complexity index is 955. The molecule has 2 aromatic heterocycles. The van der Waals surface area contributed by atoms with Crippen LogP contribution in [0.2, 0.25) is 0 Å². The van der Waals surface area contributed by atoms with Crippen molar-refractivity contribution in [3.8, 4) is 0 Å². The highest BCUT2D eigenvalue weighted by Crippen LogP contribution is 2.28. The van der Waals surface area contributed by atoms with Crippen molar-refractivity contribution in [1.82, 2.24) is 21.2 Å². The standard InChI is InChI=1S/C16H13BrN4O4S2/c17-12-6-5-10(25-12)15(24)18-7-13(22)20-21-14(23)8-26-16-19-9-3-1-2-4-11(9)27-16/h1-6H,7-8H2,(H,18,24)(H,20,22)(H,21,23). The molecular formula is C16H13BrN4O4S2. The summed E-state index contributed by atoms with van der Waals surface area (Å²) in [5, 5.41) is 2.38. The highest BCUT2D eigenvalue weighted by molar-refractivity contribution is 9.10. The summed E-state index contributed by atoms with van der Waals surface area (Å²) in [5.41, 5.74) is 5.41. The van der Waals surface area contributed by atoms with E-state index in [0.717, 1.165) is 14.6 Å². The average Bonchev–Trinajstić information content (AvgIpc) is 3.28. The van der Waals surface area contributed by atoms with E-state index in [0.29, 0.717) is 4.67 Å². The van der Waals surface area contributed by atoms with Crippen LogP contribution >= 0.6 is 39.0 Å². The monoisotopic (exact) mass is 468 g/mol. The number of thioether (sulfide) groups is 1. The number of rotatable bonds is 6. The molecule has 0 saturated heterocycles. The largest absolute Gasteiger partial charge is 0.444 e. The molecule has 3 amide bonds. The molecule has 0 unspecified atom stereocenters. The second kappa shape index (κ2) is 9.02. The molecule has 0 saturated carbocycles. The van der Waals surface area contributed by atoms with Gasteiger partial charge in [0, 0.05) is 0 Å². The minimum absolute atomic E-state index is 0.0749. The fraction of sp³-hybridized carbons (Fsp3) is 0.125. The summed E-state index contributed by atoms with van der Waals surface area (Å²) in [6, 6.07) is 10.7. The Labute approximate surface area is 170 Å². The Morgan fingerprint density at radius 3 is 2.63 bits per heavy atom. The smallest absolute Gasteiger partial charge is 0.287 e. The molecule has 0 atom stereocenters. The minimum atomic E-state index is -0.563. The number of nitrogens with zero attached hydrogens (tertiary/aromatic N) is 1. The zero-order valence-electron chi connectivity index (χ0n) is 13.7. The molecule has 11 heteroatoms. The molecule has 8 nitrogen and oxygen atoms in total. The van der Waals surface area contributed by atoms with Crippen LogP contribution in [0.25, 0.3) is 10.2 Å². The molecule has 3 rings (SSSR count). The SMILES string of the molecule is O=C(CNC(=O)c1ccc(Br)o1)NNC(=O)CSc1nc2ccccc2s1. The van der Waals surface area contributed by atoms with Gasteiger partial charge in [-0.05, 0) is 40.2 Å². The Balaban J connectivity index is 1.37. The van der Waals surface area contributed by atoms with Crippen molar-refractivity contribution in [3.05, 3.63) is 46.8 Å². The van der Waals surface area contributed by atoms with Gasteiger partial charge in [0.2, 0.25) is 5.91 Å². The predicted molar refractivity (Wildman–Crippen MR) is 105 cm³/mol. The lowest BCUT2D eigenvalue weighted by Crippen LogP contribution is -2.46. The predicted octanol–water partition coefficient (Wildman–Crippen LogP) is 2.32. The first-order chi connectivity index (χ1) is 13.0. The zero-order valence-corrected chi connectivity index (χ0v) is 16.9. The Morgan fingerprint density at radius 2 is 1.89 bits per heavy atom. The summed E-state index contributed by atoms with van der Waals surface area (Å²) >= 11 is 5.86. The second-order valence-electron chi connectivity index (χ2n) is 5.12. The number of thiazole rings is 1. The highest BCUT2D eigenvalue weighted by atomic mass is 79.9. The molecule has 3 aromatic rings. The third kappa shape index (κ3) is 5.55. The van der Waals surface area contributed by atoms with Gasteiger partial charge in [-0.1, -0.05) is 23.9 Å². The van der Waals surface area contributed by atoms with E-state index in [1.807, 2.05) is 24.3 Å². The van der Waals surface area contributed by atoms with E-state index in [4.69, 9.17) is 4.42 Å². The van der Waals surface area contributed by atoms with Gasteiger partial charge in [-0.25, -0.2) is 4.98 Å². The number of hydrogen-bond donors (Lipinski definition) is 3. The van der Waals surface area contributed by atoms with Crippen LogP contribution in [0.3, 0.4) is 0 Å². The number of carbonyl (C=O) groups excluding carboxylic acids is 3. The van der Waals surface area contributed by atoms with Gasteiger partial charge in [-0.2, -0.15) is 0 Å². The maximum Gasteiger partial charge on any atom is 0.287 e. The molecule has 1 aromatic carbocycles. The maximum atomic E-state index is 11.8. The molecular weight excluding hydrogens is 456 g/mol. The van der Waals surface area contributed by atoms with Crippen LogP contribution in [0.1, 0.15) is 10.6 Å². The summed E-state index contributed by atoms with van der Waals surface area (Å²) in [7, 11) is 0. The number of hydrogen-bond acceptors (Lipinski definition) is 7. The van der Waals surface area contributed by atoms with Gasteiger partial charge in [-0.3, -0.25) is 25.2 Å². The van der Waals surface area contributed by atoms with Crippen molar-refractivity contribution in [3.63, 3.8) is 0 Å². The third-order valence-corrected chi connectivity index (χ3v) is 5.75. The van der Waals surface area contributed by atoms with E-state index < -0.39 is 11.8 Å². The Hall–Kier alpha value is -2.37. The number of hydrazine groups is 1. The first kappa shape index (κ1) is 19.4. The van der Waals surface area contributed by atoms with Crippen molar-refractivity contribution in [2.45, 2.75) is 4.34 Å². The van der Waals surface area contributed by atoms with Crippen molar-refractivity contribution in [2.75, 3.05) is 12.3 Å². The summed E-state index contributed by atoms with van der Waals surface area (Å²) in [5.74, 6) is -1.30. The van der Waals surface area contributed by atoms with E-state index in [1.54, 1.807) is 6.07 Å². The van der Waals surface area contributed by atoms with E-state index in [-0.39, 0.29) is 24.0 Å². The molecule has 3 N–H and O–H groups in total. The normalized spacial score (nSPS) is 10.6. The molecule has 0 bridgehead atoms. The van der Waals surface area contributed by atoms with Gasteiger partial charge in [0.1, 0.15) is 0 Å². The van der Waals surface area contributed by atoms with Gasteiger partial charge in [0.25, 0.3) is 11.8 Å². The van der Waals surface area contributed by atoms with Crippen LogP contribution in [-0.2, 0) is 9.59 Å². The van der Waals surface area contributed by atoms with Crippen molar-refractivity contribution in [1.29, 1.82) is 0 Å². The number of nitrogens with one attached hydrogen (secondary N) is 3. The van der Waals surface area contributed by atoms with Gasteiger partial charge >= 0.3 is 0 Å². The highest BCUT2D eigenvalue weighted by Gasteiger charge is 2.12. The van der Waals surface area contributed by atoms with Crippen LogP contribution in [-0.4, -0.2) is 35.0 Å². The molecule has 2 heterocycles. The molecule has 0 radical (unpaired) electrons. The number of fused-ring (bicyclic) bond motifs is 1. The number of amides is 3. The summed E-state index contributed by atoms with van der Waals surface area (Å²) in [6.07, 6.45) is 0. The van der Waals surface area contributed by atoms with Crippen LogP contribution < -0.4 is 16.2 Å². The lowest BCUT2D eigenvalue weighted by Gasteiger charge is -2.07. The number of furan rings is 1. The van der Waals surface area contributed by atoms with E-state index in [9.17, 15) is 14.4 Å². The zero-order chi connectivity index (χ0) is 19.2. The molecule has 0 aliphatic rings. The van der Waals surface area contributed by atoms with Gasteiger partial charge < -0.3 is 9.73 Å². The first-order valence-corrected chi connectivity index (χ1v) is 10.2. The van der Waals surface area contributed by atoms with Gasteiger partial charge in [0.15, 0.2) is 14.8 Å². The topological polar surface area (TPSA) is 113 Å². The number of benzene rings is 1. The lowest BCUT2D eigenvalue weighted by molar-refractivity contribution is -0.127. The van der Waals surface area contributed by atoms with Crippen LogP contribution in [0.5, 0.6) is 0 Å². The van der Waals surface area contributed by atoms with Crippen molar-refractivity contribution >= 4 is 67.0 Å². The second-order valence-corrected chi connectivity index (χ2v) is 8.15. The Kier molecular flexibility index (Phi) is 6.48. The van der Waals surface area contributed by atoms with Crippen LogP contribution in [0.15, 0.2) is 49.8 Å². The average molecular weight is 469 g/mol. The van der Waals surface area contributed by atoms with E-state index in [2.05, 4.69) is 37.1 Å². The van der Waals surface area contributed by atoms with Crippen LogP contribution in [0, 0.1) is 0 Å². The Morgan fingerprint density at radius 1 is 1.11 bits per heavy atom. The minimum Gasteiger partial charge on any atom is -0.444 e. The molecule has 0 aliphatic carbocycles.